The summed E-state index contributed by atoms with van der Waals surface area (Å²) in [6, 6.07) is 0. The van der Waals surface area contributed by atoms with Crippen molar-refractivity contribution in [1.29, 1.82) is 0 Å². The van der Waals surface area contributed by atoms with E-state index in [1.165, 1.54) is 0 Å². The molecule has 0 nitrogen and oxygen atoms in total. The van der Waals surface area contributed by atoms with Gasteiger partial charge in [0, 0.05) is 6.42 Å². The minimum Gasteiger partial charge on any atom is -0.200 e. The Bertz CT molecular complexity index is 644. The highest BCUT2D eigenvalue weighted by Crippen LogP contribution is 2.65. The summed E-state index contributed by atoms with van der Waals surface area (Å²) >= 11 is 2.81. The Balaban J connectivity index is 6.84. The van der Waals surface area contributed by atoms with Crippen molar-refractivity contribution in [2.45, 2.75) is 60.0 Å². The van der Waals surface area contributed by atoms with E-state index in [0.29, 0.717) is 0 Å². The Kier molecular flexibility index (Phi) is 7.29. The third kappa shape index (κ3) is 3.76. The first kappa shape index (κ1) is 30.0. The summed E-state index contributed by atoms with van der Waals surface area (Å²) in [5.74, 6) is -67.6. The highest BCUT2D eigenvalue weighted by Gasteiger charge is 2.96. The van der Waals surface area contributed by atoms with E-state index < -0.39 is 65.7 Å². The lowest BCUT2D eigenvalue weighted by Gasteiger charge is -2.43. The predicted molar refractivity (Wildman–Crippen MR) is 64.1 cm³/mol. The van der Waals surface area contributed by atoms with Crippen molar-refractivity contribution < 1.29 is 83.4 Å². The van der Waals surface area contributed by atoms with E-state index in [2.05, 4.69) is 12.6 Å². The SMILES string of the molecule is FC(F)(F)C(F)(F)C(F)(F)C(F)(F)C(F)(F)C(F)(F)C(F)(F)C(F)(F)C(F)(F)CCS. The number of hydrogen-bond donors (Lipinski definition) is 1. The molecule has 0 saturated heterocycles. The van der Waals surface area contributed by atoms with Crippen LogP contribution in [0.1, 0.15) is 6.42 Å². The molecule has 0 bridgehead atoms. The summed E-state index contributed by atoms with van der Waals surface area (Å²) in [5.41, 5.74) is 0. The molecular weight excluding hydrogens is 525 g/mol. The van der Waals surface area contributed by atoms with Gasteiger partial charge in [-0.1, -0.05) is 0 Å². The summed E-state index contributed by atoms with van der Waals surface area (Å²) in [6.07, 6.45) is -10.5. The quantitative estimate of drug-likeness (QED) is 0.242. The van der Waals surface area contributed by atoms with Crippen LogP contribution >= 0.6 is 12.6 Å². The zero-order valence-electron chi connectivity index (χ0n) is 13.5. The van der Waals surface area contributed by atoms with Crippen molar-refractivity contribution >= 4 is 12.6 Å². The maximum atomic E-state index is 13.3. The van der Waals surface area contributed by atoms with Crippen molar-refractivity contribution in [1.82, 2.24) is 0 Å². The van der Waals surface area contributed by atoms with Crippen molar-refractivity contribution in [2.75, 3.05) is 5.75 Å². The molecule has 0 N–H and O–H groups in total. The van der Waals surface area contributed by atoms with Gasteiger partial charge in [0.1, 0.15) is 0 Å². The first-order chi connectivity index (χ1) is 13.1. The molecule has 0 aromatic rings. The summed E-state index contributed by atoms with van der Waals surface area (Å²) in [5, 5.41) is 0. The average Bonchev–Trinajstić information content (AvgIpc) is 2.52. The molecule has 0 aliphatic heterocycles. The average molecular weight is 530 g/mol. The Labute approximate surface area is 163 Å². The topological polar surface area (TPSA) is 0 Å². The minimum atomic E-state index is -8.87. The first-order valence-electron chi connectivity index (χ1n) is 6.76. The largest absolute Gasteiger partial charge is 0.460 e. The third-order valence-electron chi connectivity index (χ3n) is 3.61. The maximum absolute atomic E-state index is 13.3. The van der Waals surface area contributed by atoms with Crippen LogP contribution in [0, 0.1) is 0 Å². The van der Waals surface area contributed by atoms with Crippen molar-refractivity contribution in [3.8, 4) is 0 Å². The van der Waals surface area contributed by atoms with Crippen molar-refractivity contribution in [3.63, 3.8) is 0 Å². The number of halogens is 19. The molecule has 0 atom stereocenters. The van der Waals surface area contributed by atoms with Crippen molar-refractivity contribution in [3.05, 3.63) is 0 Å². The molecule has 31 heavy (non-hydrogen) atoms. The Morgan fingerprint density at radius 2 is 0.581 bits per heavy atom. The van der Waals surface area contributed by atoms with Crippen LogP contribution in [0.15, 0.2) is 0 Å². The number of rotatable bonds is 9. The number of alkyl halides is 19. The van der Waals surface area contributed by atoms with Gasteiger partial charge in [-0.25, -0.2) is 0 Å². The fraction of sp³-hybridized carbons (Fsp3) is 1.00. The van der Waals surface area contributed by atoms with Crippen LogP contribution in [-0.2, 0) is 0 Å². The van der Waals surface area contributed by atoms with Gasteiger partial charge >= 0.3 is 53.6 Å². The van der Waals surface area contributed by atoms with Gasteiger partial charge in [0.2, 0.25) is 0 Å². The molecule has 0 heterocycles. The van der Waals surface area contributed by atoms with E-state index in [1.807, 2.05) is 0 Å². The van der Waals surface area contributed by atoms with E-state index in [9.17, 15) is 83.4 Å². The number of hydrogen-bond acceptors (Lipinski definition) is 1. The lowest BCUT2D eigenvalue weighted by atomic mass is 9.87. The smallest absolute Gasteiger partial charge is 0.200 e. The van der Waals surface area contributed by atoms with E-state index in [0.717, 1.165) is 0 Å². The van der Waals surface area contributed by atoms with Gasteiger partial charge in [0.25, 0.3) is 0 Å². The second kappa shape index (κ2) is 7.53. The fourth-order valence-electron chi connectivity index (χ4n) is 1.69. The van der Waals surface area contributed by atoms with E-state index in [1.54, 1.807) is 0 Å². The van der Waals surface area contributed by atoms with Crippen LogP contribution in [0.4, 0.5) is 83.4 Å². The molecule has 0 amide bonds. The predicted octanol–water partition coefficient (Wildman–Crippen LogP) is 6.95. The molecular formula is C11H5F19S. The van der Waals surface area contributed by atoms with Gasteiger partial charge in [0.05, 0.1) is 0 Å². The second-order valence-electron chi connectivity index (χ2n) is 5.70. The van der Waals surface area contributed by atoms with Crippen LogP contribution < -0.4 is 0 Å². The molecule has 0 rings (SSSR count). The lowest BCUT2D eigenvalue weighted by Crippen LogP contribution is -2.75. The van der Waals surface area contributed by atoms with Crippen LogP contribution in [-0.4, -0.2) is 59.3 Å². The molecule has 0 unspecified atom stereocenters. The molecule has 0 spiro atoms. The summed E-state index contributed by atoms with van der Waals surface area (Å²) < 4.78 is 245. The van der Waals surface area contributed by atoms with Crippen LogP contribution in [0.3, 0.4) is 0 Å². The van der Waals surface area contributed by atoms with E-state index in [-0.39, 0.29) is 0 Å². The number of thiol groups is 1. The standard InChI is InChI=1S/C11H5F19S/c12-3(13,1-2-31)4(14,15)5(16,17)6(18,19)7(20,21)8(22,23)9(24,25)10(26,27)11(28,29)30/h31H,1-2H2. The molecule has 0 aliphatic rings. The molecule has 20 heteroatoms. The second-order valence-corrected chi connectivity index (χ2v) is 6.14. The molecule has 188 valence electrons. The minimum absolute atomic E-state index is 1.55. The van der Waals surface area contributed by atoms with Crippen LogP contribution in [0.5, 0.6) is 0 Å². The first-order valence-corrected chi connectivity index (χ1v) is 7.39. The van der Waals surface area contributed by atoms with Gasteiger partial charge in [-0.05, 0) is 5.75 Å². The molecule has 0 aliphatic carbocycles. The summed E-state index contributed by atoms with van der Waals surface area (Å²) in [7, 11) is 0. The Morgan fingerprint density at radius 3 is 0.806 bits per heavy atom. The van der Waals surface area contributed by atoms with Gasteiger partial charge in [-0.2, -0.15) is 96.0 Å². The monoisotopic (exact) mass is 530 g/mol. The lowest BCUT2D eigenvalue weighted by molar-refractivity contribution is -0.468. The highest BCUT2D eigenvalue weighted by atomic mass is 32.1. The Hall–Kier alpha value is -0.980. The molecule has 0 radical (unpaired) electrons. The van der Waals surface area contributed by atoms with Gasteiger partial charge in [-0.3, -0.25) is 0 Å². The highest BCUT2D eigenvalue weighted by molar-refractivity contribution is 7.80. The van der Waals surface area contributed by atoms with Gasteiger partial charge in [-0.15, -0.1) is 0 Å². The van der Waals surface area contributed by atoms with Crippen molar-refractivity contribution in [2.24, 2.45) is 0 Å². The summed E-state index contributed by atoms with van der Waals surface area (Å²) in [6.45, 7) is 0. The normalized spacial score (nSPS) is 16.6. The van der Waals surface area contributed by atoms with E-state index >= 15 is 0 Å². The van der Waals surface area contributed by atoms with Crippen LogP contribution in [0.2, 0.25) is 0 Å². The zero-order valence-corrected chi connectivity index (χ0v) is 14.4. The molecule has 0 fully saturated rings. The molecule has 0 aromatic carbocycles. The molecule has 0 saturated carbocycles. The molecule has 0 aromatic heterocycles. The van der Waals surface area contributed by atoms with Gasteiger partial charge < -0.3 is 0 Å². The summed E-state index contributed by atoms with van der Waals surface area (Å²) in [4.78, 5) is 0. The van der Waals surface area contributed by atoms with Crippen LogP contribution in [0.25, 0.3) is 0 Å². The zero-order chi connectivity index (χ0) is 25.9. The maximum Gasteiger partial charge on any atom is 0.460 e. The fourth-order valence-corrected chi connectivity index (χ4v) is 1.97. The van der Waals surface area contributed by atoms with Gasteiger partial charge in [0.15, 0.2) is 0 Å². The third-order valence-corrected chi connectivity index (χ3v) is 3.83. The Morgan fingerprint density at radius 1 is 0.355 bits per heavy atom. The van der Waals surface area contributed by atoms with E-state index in [4.69, 9.17) is 0 Å².